The normalized spacial score (nSPS) is 11.5. The molecule has 0 bridgehead atoms. The van der Waals surface area contributed by atoms with E-state index in [-0.39, 0.29) is 17.1 Å². The van der Waals surface area contributed by atoms with Gasteiger partial charge in [-0.05, 0) is 12.1 Å². The third kappa shape index (κ3) is 2.34. The maximum Gasteiger partial charge on any atom is 0.416 e. The number of alkyl halides is 3. The third-order valence-corrected chi connectivity index (χ3v) is 2.24. The first kappa shape index (κ1) is 12.2. The van der Waals surface area contributed by atoms with Gasteiger partial charge in [-0.25, -0.2) is 4.98 Å². The molecule has 0 saturated carbocycles. The van der Waals surface area contributed by atoms with E-state index < -0.39 is 17.6 Å². The lowest BCUT2D eigenvalue weighted by Crippen LogP contribution is -2.05. The molecule has 1 heterocycles. The Morgan fingerprint density at radius 3 is 2.56 bits per heavy atom. The van der Waals surface area contributed by atoms with E-state index in [4.69, 9.17) is 5.73 Å². The molecule has 1 aromatic carbocycles. The molecule has 2 aromatic rings. The smallest absolute Gasteiger partial charge is 0.416 e. The fourth-order valence-electron chi connectivity index (χ4n) is 1.36. The molecule has 0 aliphatic rings. The number of hydrogen-bond donors (Lipinski definition) is 2. The summed E-state index contributed by atoms with van der Waals surface area (Å²) in [5.41, 5.74) is 4.62. The molecule has 0 aliphatic heterocycles. The van der Waals surface area contributed by atoms with Crippen LogP contribution in [0, 0.1) is 0 Å². The van der Waals surface area contributed by atoms with Crippen LogP contribution in [0.1, 0.15) is 5.56 Å². The minimum absolute atomic E-state index is 0.0206. The number of aromatic hydroxyl groups is 1. The molecular formula is C11H8F3N3O. The average Bonchev–Trinajstić information content (AvgIpc) is 2.32. The predicted octanol–water partition coefficient (Wildman–Crippen LogP) is 2.45. The molecule has 0 unspecified atom stereocenters. The van der Waals surface area contributed by atoms with Gasteiger partial charge in [-0.1, -0.05) is 12.1 Å². The highest BCUT2D eigenvalue weighted by molar-refractivity contribution is 5.59. The Bertz CT molecular complexity index is 584. The first-order valence-electron chi connectivity index (χ1n) is 4.87. The van der Waals surface area contributed by atoms with Gasteiger partial charge in [-0.3, -0.25) is 0 Å². The van der Waals surface area contributed by atoms with E-state index in [1.54, 1.807) is 0 Å². The molecule has 2 rings (SSSR count). The predicted molar refractivity (Wildman–Crippen MR) is 58.5 cm³/mol. The molecule has 0 radical (unpaired) electrons. The van der Waals surface area contributed by atoms with Crippen LogP contribution in [-0.2, 0) is 6.18 Å². The zero-order valence-electron chi connectivity index (χ0n) is 8.94. The largest absolute Gasteiger partial charge is 0.492 e. The molecule has 0 atom stereocenters. The van der Waals surface area contributed by atoms with Crippen molar-refractivity contribution in [3.8, 4) is 17.3 Å². The van der Waals surface area contributed by atoms with Crippen LogP contribution in [-0.4, -0.2) is 15.1 Å². The summed E-state index contributed by atoms with van der Waals surface area (Å²) in [6.45, 7) is 0. The summed E-state index contributed by atoms with van der Waals surface area (Å²) in [7, 11) is 0. The van der Waals surface area contributed by atoms with E-state index in [1.165, 1.54) is 12.1 Å². The molecule has 0 saturated heterocycles. The highest BCUT2D eigenvalue weighted by Gasteiger charge is 2.30. The van der Waals surface area contributed by atoms with Gasteiger partial charge in [0.15, 0.2) is 5.82 Å². The Hall–Kier alpha value is -2.31. The Morgan fingerprint density at radius 1 is 1.22 bits per heavy atom. The quantitative estimate of drug-likeness (QED) is 0.821. The standard InChI is InChI=1S/C11H8F3N3O/c12-11(13,14)7-3-1-2-6(4-7)9-16-5-8(15)10(18)17-9/h1-5H,15H2,(H,16,17,18). The van der Waals surface area contributed by atoms with Gasteiger partial charge in [0, 0.05) is 5.56 Å². The Labute approximate surface area is 99.9 Å². The number of benzene rings is 1. The zero-order valence-corrected chi connectivity index (χ0v) is 8.94. The van der Waals surface area contributed by atoms with Crippen molar-refractivity contribution < 1.29 is 18.3 Å². The van der Waals surface area contributed by atoms with Gasteiger partial charge in [0.05, 0.1) is 11.8 Å². The van der Waals surface area contributed by atoms with Crippen molar-refractivity contribution in [1.82, 2.24) is 9.97 Å². The first-order valence-corrected chi connectivity index (χ1v) is 4.87. The second-order valence-corrected chi connectivity index (χ2v) is 3.55. The second kappa shape index (κ2) is 4.17. The number of rotatable bonds is 1. The van der Waals surface area contributed by atoms with Crippen molar-refractivity contribution in [2.24, 2.45) is 0 Å². The number of aromatic nitrogens is 2. The molecule has 94 valence electrons. The Kier molecular flexibility index (Phi) is 2.82. The fourth-order valence-corrected chi connectivity index (χ4v) is 1.36. The summed E-state index contributed by atoms with van der Waals surface area (Å²) in [5, 5.41) is 9.29. The van der Waals surface area contributed by atoms with Crippen molar-refractivity contribution in [3.05, 3.63) is 36.0 Å². The summed E-state index contributed by atoms with van der Waals surface area (Å²) in [5.74, 6) is -0.481. The van der Waals surface area contributed by atoms with Crippen LogP contribution in [0.15, 0.2) is 30.5 Å². The summed E-state index contributed by atoms with van der Waals surface area (Å²) in [6, 6.07) is 4.51. The summed E-state index contributed by atoms with van der Waals surface area (Å²) in [6.07, 6.45) is -3.30. The maximum absolute atomic E-state index is 12.5. The lowest BCUT2D eigenvalue weighted by Gasteiger charge is -2.08. The monoisotopic (exact) mass is 255 g/mol. The van der Waals surface area contributed by atoms with Gasteiger partial charge < -0.3 is 10.8 Å². The zero-order chi connectivity index (χ0) is 13.3. The van der Waals surface area contributed by atoms with Gasteiger partial charge in [-0.15, -0.1) is 0 Å². The summed E-state index contributed by atoms with van der Waals surface area (Å²) in [4.78, 5) is 7.39. The second-order valence-electron chi connectivity index (χ2n) is 3.55. The molecule has 0 spiro atoms. The van der Waals surface area contributed by atoms with Crippen LogP contribution in [0.5, 0.6) is 5.88 Å². The van der Waals surface area contributed by atoms with Crippen molar-refractivity contribution in [3.63, 3.8) is 0 Å². The van der Waals surface area contributed by atoms with E-state index >= 15 is 0 Å². The molecule has 1 aromatic heterocycles. The minimum atomic E-state index is -4.44. The molecule has 0 amide bonds. The Morgan fingerprint density at radius 2 is 1.94 bits per heavy atom. The van der Waals surface area contributed by atoms with E-state index in [2.05, 4.69) is 9.97 Å². The van der Waals surface area contributed by atoms with E-state index in [0.29, 0.717) is 0 Å². The van der Waals surface area contributed by atoms with Crippen LogP contribution in [0.25, 0.3) is 11.4 Å². The minimum Gasteiger partial charge on any atom is -0.492 e. The lowest BCUT2D eigenvalue weighted by molar-refractivity contribution is -0.137. The first-order chi connectivity index (χ1) is 8.38. The van der Waals surface area contributed by atoms with Crippen molar-refractivity contribution >= 4 is 5.69 Å². The number of hydrogen-bond acceptors (Lipinski definition) is 4. The van der Waals surface area contributed by atoms with Gasteiger partial charge in [0.1, 0.15) is 5.69 Å². The number of nitrogen functional groups attached to an aromatic ring is 1. The summed E-state index contributed by atoms with van der Waals surface area (Å²) >= 11 is 0. The van der Waals surface area contributed by atoms with Crippen LogP contribution in [0.2, 0.25) is 0 Å². The molecule has 7 heteroatoms. The van der Waals surface area contributed by atoms with Crippen LogP contribution in [0.3, 0.4) is 0 Å². The van der Waals surface area contributed by atoms with Crippen LogP contribution in [0.4, 0.5) is 18.9 Å². The van der Waals surface area contributed by atoms with Crippen molar-refractivity contribution in [2.45, 2.75) is 6.18 Å². The number of nitrogens with two attached hydrogens (primary N) is 1. The maximum atomic E-state index is 12.5. The van der Waals surface area contributed by atoms with Crippen molar-refractivity contribution in [2.75, 3.05) is 5.73 Å². The molecule has 18 heavy (non-hydrogen) atoms. The SMILES string of the molecule is Nc1cnc(-c2cccc(C(F)(F)F)c2)nc1O. The van der Waals surface area contributed by atoms with Crippen LogP contribution < -0.4 is 5.73 Å². The fraction of sp³-hybridized carbons (Fsp3) is 0.0909. The molecule has 0 fully saturated rings. The average molecular weight is 255 g/mol. The Balaban J connectivity index is 2.48. The lowest BCUT2D eigenvalue weighted by atomic mass is 10.1. The topological polar surface area (TPSA) is 72.0 Å². The highest BCUT2D eigenvalue weighted by atomic mass is 19.4. The summed E-state index contributed by atoms with van der Waals surface area (Å²) < 4.78 is 37.6. The van der Waals surface area contributed by atoms with Gasteiger partial charge >= 0.3 is 6.18 Å². The van der Waals surface area contributed by atoms with Gasteiger partial charge in [0.2, 0.25) is 5.88 Å². The molecule has 3 N–H and O–H groups in total. The number of nitrogens with zero attached hydrogens (tertiary/aromatic N) is 2. The molecule has 0 aliphatic carbocycles. The van der Waals surface area contributed by atoms with Crippen molar-refractivity contribution in [1.29, 1.82) is 0 Å². The molecular weight excluding hydrogens is 247 g/mol. The van der Waals surface area contributed by atoms with Gasteiger partial charge in [-0.2, -0.15) is 18.2 Å². The van der Waals surface area contributed by atoms with E-state index in [0.717, 1.165) is 18.3 Å². The van der Waals surface area contributed by atoms with Crippen LogP contribution >= 0.6 is 0 Å². The van der Waals surface area contributed by atoms with Gasteiger partial charge in [0.25, 0.3) is 0 Å². The number of halogens is 3. The van der Waals surface area contributed by atoms with E-state index in [9.17, 15) is 18.3 Å². The molecule has 4 nitrogen and oxygen atoms in total. The number of anilines is 1. The van der Waals surface area contributed by atoms with E-state index in [1.807, 2.05) is 0 Å². The third-order valence-electron chi connectivity index (χ3n) is 2.24. The highest BCUT2D eigenvalue weighted by Crippen LogP contribution is 2.31.